The quantitative estimate of drug-likeness (QED) is 0.668. The lowest BCUT2D eigenvalue weighted by atomic mass is 9.94. The number of benzene rings is 1. The molecule has 8 nitrogen and oxygen atoms in total. The van der Waals surface area contributed by atoms with E-state index in [2.05, 4.69) is 24.7 Å². The second-order valence-electron chi connectivity index (χ2n) is 6.21. The van der Waals surface area contributed by atoms with Gasteiger partial charge in [-0.1, -0.05) is 17.7 Å². The maximum atomic E-state index is 12.7. The van der Waals surface area contributed by atoms with Crippen LogP contribution in [0.3, 0.4) is 0 Å². The third kappa shape index (κ3) is 3.92. The van der Waals surface area contributed by atoms with Crippen LogP contribution < -0.4 is 9.46 Å². The van der Waals surface area contributed by atoms with Gasteiger partial charge in [-0.25, -0.2) is 23.4 Å². The van der Waals surface area contributed by atoms with Crippen LogP contribution in [0.4, 0.5) is 5.82 Å². The van der Waals surface area contributed by atoms with Crippen molar-refractivity contribution in [2.24, 2.45) is 4.99 Å². The number of pyridine rings is 1. The molecule has 10 heteroatoms. The van der Waals surface area contributed by atoms with Crippen LogP contribution in [0, 0.1) is 0 Å². The second kappa shape index (κ2) is 7.76. The molecule has 0 bridgehead atoms. The molecule has 4 rings (SSSR count). The van der Waals surface area contributed by atoms with Crippen molar-refractivity contribution >= 4 is 33.2 Å². The first kappa shape index (κ1) is 19.3. The molecule has 0 unspecified atom stereocenters. The van der Waals surface area contributed by atoms with Crippen molar-refractivity contribution in [3.05, 3.63) is 70.8 Å². The van der Waals surface area contributed by atoms with Crippen LogP contribution >= 0.6 is 11.6 Å². The van der Waals surface area contributed by atoms with Crippen LogP contribution in [0.5, 0.6) is 5.88 Å². The van der Waals surface area contributed by atoms with Gasteiger partial charge in [-0.15, -0.1) is 0 Å². The number of ether oxygens (including phenoxy) is 1. The van der Waals surface area contributed by atoms with Gasteiger partial charge in [-0.3, -0.25) is 9.71 Å². The van der Waals surface area contributed by atoms with Gasteiger partial charge in [0, 0.05) is 24.5 Å². The molecular weight excluding hydrogens is 414 g/mol. The minimum atomic E-state index is -3.79. The Balaban J connectivity index is 1.72. The van der Waals surface area contributed by atoms with Crippen LogP contribution in [-0.2, 0) is 16.4 Å². The Morgan fingerprint density at radius 2 is 2.00 bits per heavy atom. The lowest BCUT2D eigenvalue weighted by molar-refractivity contribution is 0.397. The highest BCUT2D eigenvalue weighted by atomic mass is 35.5. The maximum Gasteiger partial charge on any atom is 0.263 e. The zero-order valence-electron chi connectivity index (χ0n) is 15.3. The predicted octanol–water partition coefficient (Wildman–Crippen LogP) is 2.73. The first-order valence-corrected chi connectivity index (χ1v) is 10.5. The van der Waals surface area contributed by atoms with Crippen LogP contribution in [0.2, 0.25) is 5.02 Å². The van der Waals surface area contributed by atoms with E-state index in [9.17, 15) is 8.42 Å². The molecule has 0 spiro atoms. The third-order valence-electron chi connectivity index (χ3n) is 4.38. The minimum Gasteiger partial charge on any atom is -0.481 e. The van der Waals surface area contributed by atoms with E-state index in [0.29, 0.717) is 35.1 Å². The van der Waals surface area contributed by atoms with Gasteiger partial charge >= 0.3 is 0 Å². The van der Waals surface area contributed by atoms with Gasteiger partial charge in [0.25, 0.3) is 10.0 Å². The fourth-order valence-electron chi connectivity index (χ4n) is 3.09. The van der Waals surface area contributed by atoms with Crippen molar-refractivity contribution in [1.29, 1.82) is 0 Å². The largest absolute Gasteiger partial charge is 0.481 e. The standard InChI is InChI=1S/C19H16ClN5O3S/c1-28-19-16(9-13(20)10-23-19)18-15-3-2-14(8-12(15)4-7-22-18)29(26,27)25-17-5-6-21-11-24-17/h2-3,5-6,8-11H,4,7H2,1H3,(H,21,24,25). The van der Waals surface area contributed by atoms with E-state index in [4.69, 9.17) is 16.3 Å². The maximum absolute atomic E-state index is 12.7. The summed E-state index contributed by atoms with van der Waals surface area (Å²) in [6.07, 6.45) is 4.86. The van der Waals surface area contributed by atoms with E-state index in [1.54, 1.807) is 18.2 Å². The number of hydrogen-bond donors (Lipinski definition) is 1. The smallest absolute Gasteiger partial charge is 0.263 e. The van der Waals surface area contributed by atoms with Gasteiger partial charge in [0.05, 0.1) is 28.3 Å². The van der Waals surface area contributed by atoms with E-state index in [0.717, 1.165) is 11.1 Å². The molecule has 0 radical (unpaired) electrons. The summed E-state index contributed by atoms with van der Waals surface area (Å²) in [5, 5.41) is 0.462. The molecule has 2 aromatic heterocycles. The number of sulfonamides is 1. The van der Waals surface area contributed by atoms with Gasteiger partial charge in [-0.2, -0.15) is 0 Å². The summed E-state index contributed by atoms with van der Waals surface area (Å²) in [4.78, 5) is 16.6. The van der Waals surface area contributed by atoms with Gasteiger partial charge in [-0.05, 0) is 36.2 Å². The molecule has 3 aromatic rings. The lowest BCUT2D eigenvalue weighted by Gasteiger charge is -2.19. The number of halogens is 1. The SMILES string of the molecule is COc1ncc(Cl)cc1C1=NCCc2cc(S(=O)(=O)Nc3ccncn3)ccc21. The Morgan fingerprint density at radius 1 is 1.14 bits per heavy atom. The number of nitrogens with one attached hydrogen (secondary N) is 1. The van der Waals surface area contributed by atoms with E-state index in [1.165, 1.54) is 38.0 Å². The van der Waals surface area contributed by atoms with E-state index < -0.39 is 10.0 Å². The topological polar surface area (TPSA) is 106 Å². The average molecular weight is 430 g/mol. The Labute approximate surface area is 172 Å². The highest BCUT2D eigenvalue weighted by Crippen LogP contribution is 2.29. The fourth-order valence-corrected chi connectivity index (χ4v) is 4.30. The van der Waals surface area contributed by atoms with Crippen LogP contribution in [0.1, 0.15) is 16.7 Å². The summed E-state index contributed by atoms with van der Waals surface area (Å²) < 4.78 is 33.3. The Bertz CT molecular complexity index is 1200. The van der Waals surface area contributed by atoms with Crippen LogP contribution in [0.25, 0.3) is 0 Å². The van der Waals surface area contributed by atoms with Gasteiger partial charge in [0.15, 0.2) is 0 Å². The molecule has 1 N–H and O–H groups in total. The Kier molecular flexibility index (Phi) is 5.16. The zero-order valence-corrected chi connectivity index (χ0v) is 16.9. The number of rotatable bonds is 5. The number of fused-ring (bicyclic) bond motifs is 1. The number of aromatic nitrogens is 3. The van der Waals surface area contributed by atoms with Crippen molar-refractivity contribution in [3.63, 3.8) is 0 Å². The molecule has 0 aliphatic carbocycles. The molecule has 148 valence electrons. The third-order valence-corrected chi connectivity index (χ3v) is 5.94. The molecule has 1 aliphatic rings. The lowest BCUT2D eigenvalue weighted by Crippen LogP contribution is -2.18. The molecule has 1 aromatic carbocycles. The summed E-state index contributed by atoms with van der Waals surface area (Å²) >= 11 is 6.11. The number of aliphatic imine (C=N–C) groups is 1. The number of anilines is 1. The Hall–Kier alpha value is -3.04. The highest BCUT2D eigenvalue weighted by Gasteiger charge is 2.23. The summed E-state index contributed by atoms with van der Waals surface area (Å²) in [5.41, 5.74) is 3.02. The first-order chi connectivity index (χ1) is 14.0. The monoisotopic (exact) mass is 429 g/mol. The van der Waals surface area contributed by atoms with E-state index in [-0.39, 0.29) is 10.7 Å². The molecule has 0 saturated carbocycles. The summed E-state index contributed by atoms with van der Waals surface area (Å²) in [6, 6.07) is 8.15. The fraction of sp³-hybridized carbons (Fsp3) is 0.158. The first-order valence-electron chi connectivity index (χ1n) is 8.64. The van der Waals surface area contributed by atoms with Gasteiger partial charge in [0.1, 0.15) is 12.1 Å². The average Bonchev–Trinajstić information content (AvgIpc) is 2.73. The molecule has 0 fully saturated rings. The van der Waals surface area contributed by atoms with Gasteiger partial charge in [0.2, 0.25) is 5.88 Å². The second-order valence-corrected chi connectivity index (χ2v) is 8.33. The molecule has 3 heterocycles. The molecule has 1 aliphatic heterocycles. The molecular formula is C19H16ClN5O3S. The van der Waals surface area contributed by atoms with E-state index in [1.807, 2.05) is 0 Å². The normalized spacial score (nSPS) is 13.4. The zero-order chi connectivity index (χ0) is 20.4. The van der Waals surface area contributed by atoms with Crippen molar-refractivity contribution < 1.29 is 13.2 Å². The summed E-state index contributed by atoms with van der Waals surface area (Å²) in [5.74, 6) is 0.609. The van der Waals surface area contributed by atoms with Crippen molar-refractivity contribution in [2.45, 2.75) is 11.3 Å². The van der Waals surface area contributed by atoms with Crippen LogP contribution in [-0.4, -0.2) is 42.7 Å². The van der Waals surface area contributed by atoms with Crippen molar-refractivity contribution in [1.82, 2.24) is 15.0 Å². The minimum absolute atomic E-state index is 0.146. The molecule has 0 saturated heterocycles. The number of nitrogens with zero attached hydrogens (tertiary/aromatic N) is 4. The summed E-state index contributed by atoms with van der Waals surface area (Å²) in [6.45, 7) is 0.515. The molecule has 0 amide bonds. The van der Waals surface area contributed by atoms with Crippen molar-refractivity contribution in [3.8, 4) is 5.88 Å². The highest BCUT2D eigenvalue weighted by molar-refractivity contribution is 7.92. The summed E-state index contributed by atoms with van der Waals surface area (Å²) in [7, 11) is -2.26. The Morgan fingerprint density at radius 3 is 2.76 bits per heavy atom. The van der Waals surface area contributed by atoms with Gasteiger partial charge < -0.3 is 4.74 Å². The molecule has 0 atom stereocenters. The van der Waals surface area contributed by atoms with Crippen molar-refractivity contribution in [2.75, 3.05) is 18.4 Å². The van der Waals surface area contributed by atoms with Crippen LogP contribution in [0.15, 0.2) is 58.9 Å². The number of hydrogen-bond acceptors (Lipinski definition) is 7. The van der Waals surface area contributed by atoms with E-state index >= 15 is 0 Å². The molecule has 29 heavy (non-hydrogen) atoms. The number of methoxy groups -OCH3 is 1. The predicted molar refractivity (Wildman–Crippen MR) is 109 cm³/mol.